The summed E-state index contributed by atoms with van der Waals surface area (Å²) in [5.41, 5.74) is -0.415. The van der Waals surface area contributed by atoms with Crippen LogP contribution in [0, 0.1) is 11.8 Å². The molecule has 1 aromatic heterocycles. The van der Waals surface area contributed by atoms with E-state index in [0.717, 1.165) is 17.2 Å². The number of alkyl halides is 3. The maximum Gasteiger partial charge on any atom is 0.539 e. The van der Waals surface area contributed by atoms with Gasteiger partial charge in [0.25, 0.3) is 0 Å². The zero-order valence-corrected chi connectivity index (χ0v) is 22.0. The van der Waals surface area contributed by atoms with Gasteiger partial charge in [-0.25, -0.2) is 9.59 Å². The second-order valence-electron chi connectivity index (χ2n) is 9.20. The lowest BCUT2D eigenvalue weighted by molar-refractivity contribution is -0.137. The summed E-state index contributed by atoms with van der Waals surface area (Å²) in [5.74, 6) is 6.79. The molecule has 3 aromatic carbocycles. The summed E-state index contributed by atoms with van der Waals surface area (Å²) in [6.45, 7) is -0.121. The normalized spacial score (nSPS) is 16.4. The predicted octanol–water partition coefficient (Wildman–Crippen LogP) is 7.70. The molecule has 0 radical (unpaired) electrons. The Hall–Kier alpha value is -4.95. The average Bonchev–Trinajstić information content (AvgIpc) is 3.62. The molecule has 42 heavy (non-hydrogen) atoms. The first-order valence-electron chi connectivity index (χ1n) is 13.0. The first-order valence-corrected chi connectivity index (χ1v) is 13.0. The minimum absolute atomic E-state index is 0.109. The number of hydrogen-bond donors (Lipinski definition) is 0. The summed E-state index contributed by atoms with van der Waals surface area (Å²) in [4.78, 5) is 30.1. The summed E-state index contributed by atoms with van der Waals surface area (Å²) >= 11 is 0. The number of amides is 1. The quantitative estimate of drug-likeness (QED) is 0.104. The molecular weight excluding hydrogens is 555 g/mol. The Morgan fingerprint density at radius 3 is 2.29 bits per heavy atom. The topological polar surface area (TPSA) is 87.4 Å². The average molecular weight is 580 g/mol. The molecule has 1 fully saturated rings. The van der Waals surface area contributed by atoms with E-state index in [-0.39, 0.29) is 24.5 Å². The lowest BCUT2D eigenvalue weighted by Crippen LogP contribution is -2.37. The number of ether oxygens (including phenoxy) is 3. The van der Waals surface area contributed by atoms with E-state index in [1.54, 1.807) is 66.7 Å². The van der Waals surface area contributed by atoms with Gasteiger partial charge in [-0.05, 0) is 61.4 Å². The summed E-state index contributed by atoms with van der Waals surface area (Å²) in [5, 5.41) is 1.06. The van der Waals surface area contributed by atoms with Crippen LogP contribution in [0.3, 0.4) is 0 Å². The van der Waals surface area contributed by atoms with Gasteiger partial charge in [0, 0.05) is 11.8 Å². The van der Waals surface area contributed by atoms with Gasteiger partial charge >= 0.3 is 18.4 Å². The molecule has 0 bridgehead atoms. The summed E-state index contributed by atoms with van der Waals surface area (Å²) in [6.07, 6.45) is -6.19. The van der Waals surface area contributed by atoms with Crippen molar-refractivity contribution < 1.29 is 46.2 Å². The third-order valence-corrected chi connectivity index (χ3v) is 6.18. The molecule has 2 atom stereocenters. The van der Waals surface area contributed by atoms with E-state index in [0.29, 0.717) is 29.6 Å². The number of rotatable bonds is 5. The highest BCUT2D eigenvalue weighted by molar-refractivity contribution is 5.79. The number of hydrogen-bond acceptors (Lipinski definition) is 7. The first-order chi connectivity index (χ1) is 20.2. The Labute approximate surface area is 238 Å². The van der Waals surface area contributed by atoms with E-state index in [9.17, 15) is 22.8 Å². The molecule has 11 heteroatoms. The monoisotopic (exact) mass is 579 g/mol. The van der Waals surface area contributed by atoms with Gasteiger partial charge in [-0.15, -0.1) is 5.06 Å². The van der Waals surface area contributed by atoms with Crippen molar-refractivity contribution in [1.82, 2.24) is 5.06 Å². The fourth-order valence-electron chi connectivity index (χ4n) is 4.20. The van der Waals surface area contributed by atoms with Crippen molar-refractivity contribution in [2.45, 2.75) is 37.6 Å². The first kappa shape index (κ1) is 28.6. The summed E-state index contributed by atoms with van der Waals surface area (Å²) in [6, 6.07) is 21.3. The summed E-state index contributed by atoms with van der Waals surface area (Å²) in [7, 11) is 0. The number of para-hydroxylation sites is 2. The third kappa shape index (κ3) is 7.41. The van der Waals surface area contributed by atoms with Crippen LogP contribution in [-0.4, -0.2) is 30.0 Å². The van der Waals surface area contributed by atoms with Gasteiger partial charge in [0.15, 0.2) is 0 Å². The van der Waals surface area contributed by atoms with Crippen LogP contribution in [0.15, 0.2) is 89.3 Å². The van der Waals surface area contributed by atoms with Gasteiger partial charge in [-0.2, -0.15) is 13.2 Å². The van der Waals surface area contributed by atoms with Crippen LogP contribution in [-0.2, 0) is 15.8 Å². The molecule has 0 aliphatic carbocycles. The highest BCUT2D eigenvalue weighted by Crippen LogP contribution is 2.37. The molecule has 216 valence electrons. The standard InChI is InChI=1S/C31H24F3NO7/c32-31(33,34)22-14-16-26-21(19-22)20-28(41-26)27-17-15-25(38-27)13-7-8-18-35(29(36)39-23-9-3-1-4-10-23)42-30(37)40-24-11-5-2-6-12-24/h1-6,9-12,14,16,19-20,25,27H,8,15,17-18H2. The van der Waals surface area contributed by atoms with E-state index in [1.807, 2.05) is 0 Å². The van der Waals surface area contributed by atoms with Crippen LogP contribution in [0.2, 0.25) is 0 Å². The molecule has 4 aromatic rings. The van der Waals surface area contributed by atoms with Gasteiger partial charge in [0.05, 0.1) is 12.1 Å². The maximum absolute atomic E-state index is 13.0. The van der Waals surface area contributed by atoms with E-state index in [4.69, 9.17) is 23.5 Å². The van der Waals surface area contributed by atoms with E-state index >= 15 is 0 Å². The van der Waals surface area contributed by atoms with Gasteiger partial charge in [-0.1, -0.05) is 48.2 Å². The Balaban J connectivity index is 1.18. The van der Waals surface area contributed by atoms with Crippen molar-refractivity contribution in [2.24, 2.45) is 0 Å². The molecule has 2 heterocycles. The second-order valence-corrected chi connectivity index (χ2v) is 9.20. The number of halogens is 3. The second kappa shape index (κ2) is 12.7. The van der Waals surface area contributed by atoms with Crippen LogP contribution in [0.1, 0.15) is 36.7 Å². The van der Waals surface area contributed by atoms with Crippen LogP contribution >= 0.6 is 0 Å². The van der Waals surface area contributed by atoms with Crippen molar-refractivity contribution in [3.05, 3.63) is 96.3 Å². The zero-order chi connectivity index (χ0) is 29.5. The number of nitrogens with zero attached hydrogens (tertiary/aromatic N) is 1. The highest BCUT2D eigenvalue weighted by atomic mass is 19.4. The van der Waals surface area contributed by atoms with Crippen molar-refractivity contribution in [3.8, 4) is 23.3 Å². The SMILES string of the molecule is O=C(Oc1ccccc1)ON(CCC#CC1CCC(c2cc3cc(C(F)(F)F)ccc3o2)O1)C(=O)Oc1ccccc1. The number of carbonyl (C=O) groups is 2. The molecule has 0 N–H and O–H groups in total. The Morgan fingerprint density at radius 2 is 1.60 bits per heavy atom. The molecule has 8 nitrogen and oxygen atoms in total. The molecule has 1 amide bonds. The van der Waals surface area contributed by atoms with Gasteiger partial charge in [-0.3, -0.25) is 4.84 Å². The van der Waals surface area contributed by atoms with Gasteiger partial charge in [0.2, 0.25) is 0 Å². The smallest absolute Gasteiger partial charge is 0.458 e. The Kier molecular flexibility index (Phi) is 8.64. The minimum atomic E-state index is -4.45. The molecule has 2 unspecified atom stereocenters. The van der Waals surface area contributed by atoms with Crippen LogP contribution < -0.4 is 9.47 Å². The Bertz CT molecular complexity index is 1590. The highest BCUT2D eigenvalue weighted by Gasteiger charge is 2.32. The number of benzene rings is 3. The molecular formula is C31H24F3NO7. The van der Waals surface area contributed by atoms with E-state index < -0.39 is 36.2 Å². The Morgan fingerprint density at radius 1 is 0.905 bits per heavy atom. The number of carbonyl (C=O) groups excluding carboxylic acids is 2. The lowest BCUT2D eigenvalue weighted by Gasteiger charge is -2.19. The zero-order valence-electron chi connectivity index (χ0n) is 22.0. The molecule has 1 saturated heterocycles. The third-order valence-electron chi connectivity index (χ3n) is 6.18. The van der Waals surface area contributed by atoms with E-state index in [1.165, 1.54) is 6.07 Å². The molecule has 1 aliphatic rings. The van der Waals surface area contributed by atoms with Crippen LogP contribution in [0.5, 0.6) is 11.5 Å². The fraction of sp³-hybridized carbons (Fsp3) is 0.226. The van der Waals surface area contributed by atoms with Crippen molar-refractivity contribution in [2.75, 3.05) is 6.54 Å². The largest absolute Gasteiger partial charge is 0.539 e. The maximum atomic E-state index is 13.0. The molecule has 0 saturated carbocycles. The molecule has 1 aliphatic heterocycles. The number of fused-ring (bicyclic) bond motifs is 1. The number of furan rings is 1. The summed E-state index contributed by atoms with van der Waals surface area (Å²) < 4.78 is 61.1. The van der Waals surface area contributed by atoms with Crippen LogP contribution in [0.4, 0.5) is 22.8 Å². The van der Waals surface area contributed by atoms with Crippen molar-refractivity contribution >= 4 is 23.2 Å². The van der Waals surface area contributed by atoms with Crippen molar-refractivity contribution in [1.29, 1.82) is 0 Å². The predicted molar refractivity (Wildman–Crippen MR) is 143 cm³/mol. The van der Waals surface area contributed by atoms with Gasteiger partial charge < -0.3 is 18.6 Å². The number of hydroxylamine groups is 2. The minimum Gasteiger partial charge on any atom is -0.458 e. The molecule has 0 spiro atoms. The van der Waals surface area contributed by atoms with Gasteiger partial charge in [0.1, 0.15) is 35.1 Å². The lowest BCUT2D eigenvalue weighted by atomic mass is 10.1. The molecule has 5 rings (SSSR count). The van der Waals surface area contributed by atoms with Crippen LogP contribution in [0.25, 0.3) is 11.0 Å². The fourth-order valence-corrected chi connectivity index (χ4v) is 4.20. The van der Waals surface area contributed by atoms with Crippen molar-refractivity contribution in [3.63, 3.8) is 0 Å². The van der Waals surface area contributed by atoms with E-state index in [2.05, 4.69) is 11.8 Å².